The van der Waals surface area contributed by atoms with Crippen LogP contribution in [-0.4, -0.2) is 20.3 Å². The van der Waals surface area contributed by atoms with Crippen LogP contribution < -0.4 is 5.56 Å². The third kappa shape index (κ3) is 3.43. The third-order valence-electron chi connectivity index (χ3n) is 2.65. The molecule has 0 amide bonds. The summed E-state index contributed by atoms with van der Waals surface area (Å²) in [5.41, 5.74) is 0.487. The van der Waals surface area contributed by atoms with E-state index in [-0.39, 0.29) is 17.0 Å². The van der Waals surface area contributed by atoms with Crippen molar-refractivity contribution in [2.75, 3.05) is 0 Å². The van der Waals surface area contributed by atoms with Gasteiger partial charge in [0.2, 0.25) is 5.88 Å². The molecule has 4 nitrogen and oxygen atoms in total. The van der Waals surface area contributed by atoms with Gasteiger partial charge in [-0.25, -0.2) is 0 Å². The number of rotatable bonds is 4. The highest BCUT2D eigenvalue weighted by molar-refractivity contribution is 9.10. The number of aromatic amines is 1. The average Bonchev–Trinajstić information content (AvgIpc) is 2.38. The molecule has 2 aromatic rings. The lowest BCUT2D eigenvalue weighted by atomic mass is 10.1. The molecule has 2 N–H and O–H groups in total. The molecule has 1 heterocycles. The Morgan fingerprint density at radius 1 is 1.40 bits per heavy atom. The van der Waals surface area contributed by atoms with Gasteiger partial charge in [0, 0.05) is 10.0 Å². The number of H-pyrrole nitrogens is 1. The van der Waals surface area contributed by atoms with Crippen molar-refractivity contribution in [3.05, 3.63) is 44.9 Å². The quantitative estimate of drug-likeness (QED) is 0.880. The Balaban J connectivity index is 2.42. The molecule has 0 aliphatic carbocycles. The van der Waals surface area contributed by atoms with Gasteiger partial charge in [-0.3, -0.25) is 4.79 Å². The SMILES string of the molecule is CC(C)SCc1nc(O)c(-c2ccccc2Br)c(=O)[nH]1. The average molecular weight is 355 g/mol. The van der Waals surface area contributed by atoms with Gasteiger partial charge in [0.1, 0.15) is 11.4 Å². The van der Waals surface area contributed by atoms with E-state index in [4.69, 9.17) is 0 Å². The molecule has 0 radical (unpaired) electrons. The van der Waals surface area contributed by atoms with Crippen LogP contribution >= 0.6 is 27.7 Å². The molecule has 1 aromatic heterocycles. The molecule has 0 atom stereocenters. The van der Waals surface area contributed by atoms with E-state index in [1.807, 2.05) is 18.2 Å². The van der Waals surface area contributed by atoms with Gasteiger partial charge in [0.15, 0.2) is 0 Å². The van der Waals surface area contributed by atoms with Gasteiger partial charge < -0.3 is 10.1 Å². The number of nitrogens with zero attached hydrogens (tertiary/aromatic N) is 1. The van der Waals surface area contributed by atoms with Crippen LogP contribution in [0.3, 0.4) is 0 Å². The topological polar surface area (TPSA) is 66.0 Å². The van der Waals surface area contributed by atoms with Crippen molar-refractivity contribution in [3.8, 4) is 17.0 Å². The number of benzene rings is 1. The number of nitrogens with one attached hydrogen (secondary N) is 1. The van der Waals surface area contributed by atoms with Gasteiger partial charge in [-0.05, 0) is 11.3 Å². The zero-order valence-corrected chi connectivity index (χ0v) is 13.6. The maximum Gasteiger partial charge on any atom is 0.262 e. The molecule has 6 heteroatoms. The monoisotopic (exact) mass is 354 g/mol. The standard InChI is InChI=1S/C14H15BrN2O2S/c1-8(2)20-7-11-16-13(18)12(14(19)17-11)9-5-3-4-6-10(9)15/h3-6,8H,7H2,1-2H3,(H2,16,17,18,19). The van der Waals surface area contributed by atoms with Gasteiger partial charge in [0.05, 0.1) is 5.75 Å². The number of hydrogen-bond donors (Lipinski definition) is 2. The second kappa shape index (κ2) is 6.45. The summed E-state index contributed by atoms with van der Waals surface area (Å²) in [6, 6.07) is 7.23. The minimum absolute atomic E-state index is 0.191. The zero-order valence-electron chi connectivity index (χ0n) is 11.2. The predicted octanol–water partition coefficient (Wildman–Crippen LogP) is 3.55. The molecule has 106 valence electrons. The van der Waals surface area contributed by atoms with Crippen LogP contribution in [-0.2, 0) is 5.75 Å². The Hall–Kier alpha value is -1.27. The lowest BCUT2D eigenvalue weighted by Crippen LogP contribution is -2.14. The Morgan fingerprint density at radius 2 is 2.10 bits per heavy atom. The minimum Gasteiger partial charge on any atom is -0.493 e. The Labute approximate surface area is 129 Å². The lowest BCUT2D eigenvalue weighted by Gasteiger charge is -2.08. The maximum absolute atomic E-state index is 12.2. The van der Waals surface area contributed by atoms with Crippen LogP contribution in [0.4, 0.5) is 0 Å². The lowest BCUT2D eigenvalue weighted by molar-refractivity contribution is 0.451. The zero-order chi connectivity index (χ0) is 14.7. The minimum atomic E-state index is -0.330. The summed E-state index contributed by atoms with van der Waals surface area (Å²) in [7, 11) is 0. The molecular formula is C14H15BrN2O2S. The van der Waals surface area contributed by atoms with Crippen LogP contribution in [0.5, 0.6) is 5.88 Å². The van der Waals surface area contributed by atoms with Gasteiger partial charge >= 0.3 is 0 Å². The Kier molecular flexibility index (Phi) is 4.88. The molecule has 0 fully saturated rings. The van der Waals surface area contributed by atoms with Crippen LogP contribution in [0, 0.1) is 0 Å². The second-order valence-electron chi connectivity index (χ2n) is 4.55. The second-order valence-corrected chi connectivity index (χ2v) is 6.97. The number of thioether (sulfide) groups is 1. The van der Waals surface area contributed by atoms with E-state index in [0.717, 1.165) is 4.47 Å². The molecule has 0 saturated heterocycles. The molecule has 0 spiro atoms. The van der Waals surface area contributed by atoms with Crippen molar-refractivity contribution in [1.29, 1.82) is 0 Å². The highest BCUT2D eigenvalue weighted by Gasteiger charge is 2.15. The summed E-state index contributed by atoms with van der Waals surface area (Å²) in [6.07, 6.45) is 0. The number of aromatic nitrogens is 2. The maximum atomic E-state index is 12.2. The van der Waals surface area contributed by atoms with E-state index in [0.29, 0.717) is 22.4 Å². The van der Waals surface area contributed by atoms with Crippen molar-refractivity contribution >= 4 is 27.7 Å². The molecule has 2 rings (SSSR count). The molecule has 0 saturated carbocycles. The Morgan fingerprint density at radius 3 is 2.70 bits per heavy atom. The summed E-state index contributed by atoms with van der Waals surface area (Å²) in [5.74, 6) is 0.818. The number of hydrogen-bond acceptors (Lipinski definition) is 4. The Bertz CT molecular complexity index is 670. The molecular weight excluding hydrogens is 340 g/mol. The molecule has 0 bridgehead atoms. The summed E-state index contributed by atoms with van der Waals surface area (Å²) in [4.78, 5) is 19.0. The molecule has 1 aromatic carbocycles. The van der Waals surface area contributed by atoms with Crippen LogP contribution in [0.2, 0.25) is 0 Å². The van der Waals surface area contributed by atoms with Crippen molar-refractivity contribution in [2.45, 2.75) is 24.9 Å². The van der Waals surface area contributed by atoms with E-state index >= 15 is 0 Å². The summed E-state index contributed by atoms with van der Waals surface area (Å²) < 4.78 is 0.743. The first kappa shape index (κ1) is 15.1. The van der Waals surface area contributed by atoms with E-state index < -0.39 is 0 Å². The molecule has 0 aliphatic heterocycles. The van der Waals surface area contributed by atoms with Crippen molar-refractivity contribution in [1.82, 2.24) is 9.97 Å². The number of halogens is 1. The first-order valence-corrected chi connectivity index (χ1v) is 8.02. The molecule has 20 heavy (non-hydrogen) atoms. The molecule has 0 unspecified atom stereocenters. The van der Waals surface area contributed by atoms with Crippen molar-refractivity contribution in [3.63, 3.8) is 0 Å². The van der Waals surface area contributed by atoms with Gasteiger partial charge in [0.25, 0.3) is 5.56 Å². The van der Waals surface area contributed by atoms with E-state index in [1.54, 1.807) is 17.8 Å². The van der Waals surface area contributed by atoms with Gasteiger partial charge in [-0.2, -0.15) is 16.7 Å². The normalized spacial score (nSPS) is 11.0. The largest absolute Gasteiger partial charge is 0.493 e. The summed E-state index contributed by atoms with van der Waals surface area (Å²) in [5, 5.41) is 10.5. The van der Waals surface area contributed by atoms with Crippen molar-refractivity contribution in [2.24, 2.45) is 0 Å². The fraction of sp³-hybridized carbons (Fsp3) is 0.286. The number of aromatic hydroxyl groups is 1. The van der Waals surface area contributed by atoms with Crippen LogP contribution in [0.25, 0.3) is 11.1 Å². The fourth-order valence-electron chi connectivity index (χ4n) is 1.73. The van der Waals surface area contributed by atoms with Crippen molar-refractivity contribution < 1.29 is 5.11 Å². The van der Waals surface area contributed by atoms with Gasteiger partial charge in [-0.1, -0.05) is 48.0 Å². The first-order chi connectivity index (χ1) is 9.49. The van der Waals surface area contributed by atoms with Gasteiger partial charge in [-0.15, -0.1) is 0 Å². The van der Waals surface area contributed by atoms with Crippen LogP contribution in [0.15, 0.2) is 33.5 Å². The van der Waals surface area contributed by atoms with Crippen LogP contribution in [0.1, 0.15) is 19.7 Å². The first-order valence-electron chi connectivity index (χ1n) is 6.17. The van der Waals surface area contributed by atoms with E-state index in [9.17, 15) is 9.90 Å². The molecule has 0 aliphatic rings. The predicted molar refractivity (Wildman–Crippen MR) is 86.1 cm³/mol. The third-order valence-corrected chi connectivity index (χ3v) is 4.44. The smallest absolute Gasteiger partial charge is 0.262 e. The highest BCUT2D eigenvalue weighted by Crippen LogP contribution is 2.30. The van der Waals surface area contributed by atoms with E-state index in [1.165, 1.54) is 0 Å². The van der Waals surface area contributed by atoms with E-state index in [2.05, 4.69) is 39.7 Å². The fourth-order valence-corrected chi connectivity index (χ4v) is 2.84. The summed E-state index contributed by atoms with van der Waals surface area (Å²) in [6.45, 7) is 4.14. The summed E-state index contributed by atoms with van der Waals surface area (Å²) >= 11 is 5.03. The highest BCUT2D eigenvalue weighted by atomic mass is 79.9.